The van der Waals surface area contributed by atoms with Gasteiger partial charge in [-0.25, -0.2) is 0 Å². The number of halogens is 1. The van der Waals surface area contributed by atoms with Gasteiger partial charge in [-0.15, -0.1) is 0 Å². The highest BCUT2D eigenvalue weighted by Gasteiger charge is 2.28. The summed E-state index contributed by atoms with van der Waals surface area (Å²) in [6, 6.07) is 7.48. The molecule has 0 amide bonds. The van der Waals surface area contributed by atoms with Crippen LogP contribution in [0.15, 0.2) is 63.9 Å². The molecule has 3 heteroatoms. The van der Waals surface area contributed by atoms with E-state index in [1.54, 1.807) is 0 Å². The van der Waals surface area contributed by atoms with Gasteiger partial charge in [0.15, 0.2) is 0 Å². The summed E-state index contributed by atoms with van der Waals surface area (Å²) < 4.78 is 0. The second-order valence-electron chi connectivity index (χ2n) is 5.95. The molecule has 1 aliphatic rings. The molecule has 22 heavy (non-hydrogen) atoms. The fraction of sp³-hybridized carbons (Fsp3) is 0.316. The summed E-state index contributed by atoms with van der Waals surface area (Å²) in [6.07, 6.45) is 0.692. The first-order valence-corrected chi connectivity index (χ1v) is 7.77. The van der Waals surface area contributed by atoms with E-state index < -0.39 is 0 Å². The first-order chi connectivity index (χ1) is 10.3. The van der Waals surface area contributed by atoms with Crippen molar-refractivity contribution in [3.63, 3.8) is 0 Å². The minimum Gasteiger partial charge on any atom is -0.508 e. The van der Waals surface area contributed by atoms with Crippen LogP contribution in [0, 0.1) is 5.92 Å². The van der Waals surface area contributed by atoms with Crippen LogP contribution in [0.5, 0.6) is 0 Å². The second kappa shape index (κ2) is 6.53. The maximum absolute atomic E-state index is 10.5. The molecule has 2 nitrogen and oxygen atoms in total. The number of aliphatic hydroxyl groups is 1. The fourth-order valence-electron chi connectivity index (χ4n) is 2.70. The third-order valence-electron chi connectivity index (χ3n) is 4.11. The zero-order chi connectivity index (χ0) is 16.4. The van der Waals surface area contributed by atoms with E-state index in [0.29, 0.717) is 17.2 Å². The Hall–Kier alpha value is -1.80. The molecule has 1 aliphatic carbocycles. The summed E-state index contributed by atoms with van der Waals surface area (Å²) in [6.45, 7) is 12.0. The maximum Gasteiger partial charge on any atom is 0.118 e. The molecule has 0 spiro atoms. The standard InChI is InChI=1S/C19H22ClNO/c1-11(2)10-17-14(5)18(12(3)13(4)19(17)22)21-16-8-6-15(20)7-9-16/h6-9,14,22H,1,10H2,2-5H3. The lowest BCUT2D eigenvalue weighted by Crippen LogP contribution is -2.23. The number of nitrogens with zero attached hydrogens (tertiary/aromatic N) is 1. The minimum absolute atomic E-state index is 0.0658. The highest BCUT2D eigenvalue weighted by atomic mass is 35.5. The molecule has 0 aliphatic heterocycles. The zero-order valence-corrected chi connectivity index (χ0v) is 14.3. The van der Waals surface area contributed by atoms with E-state index in [2.05, 4.69) is 13.5 Å². The molecule has 1 N–H and O–H groups in total. The first kappa shape index (κ1) is 16.6. The van der Waals surface area contributed by atoms with Crippen LogP contribution in [0.25, 0.3) is 0 Å². The van der Waals surface area contributed by atoms with Crippen LogP contribution in [-0.2, 0) is 0 Å². The molecule has 116 valence electrons. The lowest BCUT2D eigenvalue weighted by Gasteiger charge is -2.27. The van der Waals surface area contributed by atoms with Gasteiger partial charge in [0.25, 0.3) is 0 Å². The van der Waals surface area contributed by atoms with E-state index in [-0.39, 0.29) is 5.92 Å². The SMILES string of the molecule is C=C(C)CC1=C(O)C(C)=C(C)C(=Nc2ccc(Cl)cc2)C1C. The van der Waals surface area contributed by atoms with Crippen molar-refractivity contribution in [2.45, 2.75) is 34.1 Å². The first-order valence-electron chi connectivity index (χ1n) is 7.40. The molecule has 0 aromatic heterocycles. The Morgan fingerprint density at radius 1 is 1.23 bits per heavy atom. The van der Waals surface area contributed by atoms with Crippen LogP contribution in [0.4, 0.5) is 5.69 Å². The monoisotopic (exact) mass is 315 g/mol. The minimum atomic E-state index is 0.0658. The van der Waals surface area contributed by atoms with Gasteiger partial charge in [0, 0.05) is 10.9 Å². The summed E-state index contributed by atoms with van der Waals surface area (Å²) in [5.74, 6) is 0.458. The number of rotatable bonds is 3. The predicted molar refractivity (Wildman–Crippen MR) is 95.2 cm³/mol. The lowest BCUT2D eigenvalue weighted by molar-refractivity contribution is 0.406. The predicted octanol–water partition coefficient (Wildman–Crippen LogP) is 6.18. The summed E-state index contributed by atoms with van der Waals surface area (Å²) >= 11 is 5.93. The molecular formula is C19H22ClNO. The summed E-state index contributed by atoms with van der Waals surface area (Å²) in [5.41, 5.74) is 5.81. The molecule has 1 atom stereocenters. The van der Waals surface area contributed by atoms with Gasteiger partial charge in [0.1, 0.15) is 5.76 Å². The average Bonchev–Trinajstić information content (AvgIpc) is 2.48. The molecular weight excluding hydrogens is 294 g/mol. The van der Waals surface area contributed by atoms with E-state index >= 15 is 0 Å². The van der Waals surface area contributed by atoms with Crippen LogP contribution in [-0.4, -0.2) is 10.8 Å². The fourth-order valence-corrected chi connectivity index (χ4v) is 2.83. The smallest absolute Gasteiger partial charge is 0.118 e. The number of benzene rings is 1. The molecule has 0 heterocycles. The van der Waals surface area contributed by atoms with Gasteiger partial charge in [-0.1, -0.05) is 30.7 Å². The Balaban J connectivity index is 2.49. The maximum atomic E-state index is 10.5. The van der Waals surface area contributed by atoms with Crippen LogP contribution < -0.4 is 0 Å². The van der Waals surface area contributed by atoms with E-state index in [1.165, 1.54) is 0 Å². The Kier molecular flexibility index (Phi) is 4.92. The van der Waals surface area contributed by atoms with E-state index in [1.807, 2.05) is 45.0 Å². The molecule has 1 unspecified atom stereocenters. The van der Waals surface area contributed by atoms with E-state index in [4.69, 9.17) is 16.6 Å². The molecule has 0 fully saturated rings. The van der Waals surface area contributed by atoms with Crippen molar-refractivity contribution in [3.05, 3.63) is 63.9 Å². The van der Waals surface area contributed by atoms with Crippen molar-refractivity contribution in [1.82, 2.24) is 0 Å². The highest BCUT2D eigenvalue weighted by molar-refractivity contribution is 6.30. The third kappa shape index (κ3) is 3.33. The van der Waals surface area contributed by atoms with Crippen LogP contribution in [0.3, 0.4) is 0 Å². The Morgan fingerprint density at radius 2 is 1.82 bits per heavy atom. The van der Waals surface area contributed by atoms with Crippen molar-refractivity contribution in [2.24, 2.45) is 10.9 Å². The van der Waals surface area contributed by atoms with E-state index in [9.17, 15) is 5.11 Å². The van der Waals surface area contributed by atoms with E-state index in [0.717, 1.165) is 33.7 Å². The van der Waals surface area contributed by atoms with Gasteiger partial charge in [0.05, 0.1) is 11.4 Å². The van der Waals surface area contributed by atoms with Crippen molar-refractivity contribution in [1.29, 1.82) is 0 Å². The second-order valence-corrected chi connectivity index (χ2v) is 6.39. The van der Waals surface area contributed by atoms with Crippen LogP contribution in [0.2, 0.25) is 5.02 Å². The number of aliphatic hydroxyl groups excluding tert-OH is 1. The van der Waals surface area contributed by atoms with Gasteiger partial charge < -0.3 is 5.11 Å². The Labute approximate surface area is 137 Å². The van der Waals surface area contributed by atoms with Crippen molar-refractivity contribution in [3.8, 4) is 0 Å². The Bertz CT molecular complexity index is 693. The zero-order valence-electron chi connectivity index (χ0n) is 13.6. The number of aliphatic imine (C=N–C) groups is 1. The molecule has 0 radical (unpaired) electrons. The van der Waals surface area contributed by atoms with Gasteiger partial charge >= 0.3 is 0 Å². The third-order valence-corrected chi connectivity index (χ3v) is 4.36. The summed E-state index contributed by atoms with van der Waals surface area (Å²) in [7, 11) is 0. The lowest BCUT2D eigenvalue weighted by atomic mass is 9.80. The van der Waals surface area contributed by atoms with Crippen molar-refractivity contribution in [2.75, 3.05) is 0 Å². The quantitative estimate of drug-likeness (QED) is 0.664. The number of hydrogen-bond acceptors (Lipinski definition) is 2. The summed E-state index contributed by atoms with van der Waals surface area (Å²) in [5, 5.41) is 11.2. The largest absolute Gasteiger partial charge is 0.508 e. The summed E-state index contributed by atoms with van der Waals surface area (Å²) in [4.78, 5) is 4.79. The molecule has 1 aromatic carbocycles. The average molecular weight is 316 g/mol. The molecule has 0 saturated heterocycles. The highest BCUT2D eigenvalue weighted by Crippen LogP contribution is 2.35. The van der Waals surface area contributed by atoms with Crippen molar-refractivity contribution >= 4 is 23.0 Å². The molecule has 0 bridgehead atoms. The van der Waals surface area contributed by atoms with Crippen LogP contribution >= 0.6 is 11.6 Å². The van der Waals surface area contributed by atoms with Gasteiger partial charge in [-0.05, 0) is 68.2 Å². The van der Waals surface area contributed by atoms with Crippen LogP contribution in [0.1, 0.15) is 34.1 Å². The topological polar surface area (TPSA) is 32.6 Å². The van der Waals surface area contributed by atoms with Crippen molar-refractivity contribution < 1.29 is 5.11 Å². The number of hydrogen-bond donors (Lipinski definition) is 1. The molecule has 1 aromatic rings. The number of allylic oxidation sites excluding steroid dienone is 4. The van der Waals surface area contributed by atoms with Gasteiger partial charge in [0.2, 0.25) is 0 Å². The normalized spacial score (nSPS) is 20.8. The van der Waals surface area contributed by atoms with Gasteiger partial charge in [-0.2, -0.15) is 0 Å². The molecule has 0 saturated carbocycles. The van der Waals surface area contributed by atoms with Gasteiger partial charge in [-0.3, -0.25) is 4.99 Å². The molecule has 2 rings (SSSR count). The Morgan fingerprint density at radius 3 is 2.36 bits per heavy atom.